The second-order valence-electron chi connectivity index (χ2n) is 9.54. The molecule has 0 bridgehead atoms. The topological polar surface area (TPSA) is 66.4 Å². The lowest BCUT2D eigenvalue weighted by molar-refractivity contribution is 0.00928. The van der Waals surface area contributed by atoms with Crippen LogP contribution in [0.3, 0.4) is 0 Å². The van der Waals surface area contributed by atoms with E-state index in [1.54, 1.807) is 0 Å². The summed E-state index contributed by atoms with van der Waals surface area (Å²) in [6.45, 7) is 14.2. The van der Waals surface area contributed by atoms with Gasteiger partial charge in [0.2, 0.25) is 0 Å². The molecular formula is C22H42N4O3. The molecule has 2 fully saturated rings. The van der Waals surface area contributed by atoms with Crippen LogP contribution in [-0.4, -0.2) is 79.4 Å². The van der Waals surface area contributed by atoms with E-state index in [9.17, 15) is 4.79 Å². The third kappa shape index (κ3) is 8.81. The maximum absolute atomic E-state index is 12.8. The minimum atomic E-state index is -0.454. The van der Waals surface area contributed by atoms with E-state index >= 15 is 0 Å². The maximum atomic E-state index is 12.8. The summed E-state index contributed by atoms with van der Waals surface area (Å²) in [5.74, 6) is 1.60. The first-order chi connectivity index (χ1) is 13.7. The Bertz CT molecular complexity index is 533. The molecular weight excluding hydrogens is 368 g/mol. The highest BCUT2D eigenvalue weighted by Crippen LogP contribution is 2.32. The zero-order valence-electron chi connectivity index (χ0n) is 19.4. The second kappa shape index (κ2) is 11.0. The number of carbonyl (C=O) groups is 1. The first-order valence-corrected chi connectivity index (χ1v) is 11.3. The number of guanidine groups is 1. The van der Waals surface area contributed by atoms with Crippen LogP contribution in [0, 0.1) is 5.92 Å². The molecule has 29 heavy (non-hydrogen) atoms. The average molecular weight is 411 g/mol. The van der Waals surface area contributed by atoms with Crippen LogP contribution in [-0.2, 0) is 9.47 Å². The quantitative estimate of drug-likeness (QED) is 0.377. The summed E-state index contributed by atoms with van der Waals surface area (Å²) in [7, 11) is 1.83. The molecule has 1 aliphatic heterocycles. The van der Waals surface area contributed by atoms with E-state index in [-0.39, 0.29) is 18.2 Å². The second-order valence-corrected chi connectivity index (χ2v) is 9.54. The summed E-state index contributed by atoms with van der Waals surface area (Å²) in [5, 5.41) is 3.44. The Hall–Kier alpha value is -1.50. The number of carbonyl (C=O) groups excluding carboxylic acids is 1. The molecule has 0 aromatic heterocycles. The van der Waals surface area contributed by atoms with Crippen molar-refractivity contribution >= 4 is 12.1 Å². The molecule has 0 unspecified atom stereocenters. The fraction of sp³-hybridized carbons (Fsp3) is 0.909. The maximum Gasteiger partial charge on any atom is 0.410 e. The van der Waals surface area contributed by atoms with E-state index in [1.807, 2.05) is 32.7 Å². The van der Waals surface area contributed by atoms with Gasteiger partial charge >= 0.3 is 6.09 Å². The smallest absolute Gasteiger partial charge is 0.410 e. The third-order valence-electron chi connectivity index (χ3n) is 5.25. The van der Waals surface area contributed by atoms with E-state index in [2.05, 4.69) is 29.1 Å². The average Bonchev–Trinajstić information content (AvgIpc) is 3.45. The van der Waals surface area contributed by atoms with Crippen LogP contribution in [0.15, 0.2) is 4.99 Å². The Morgan fingerprint density at radius 1 is 1.21 bits per heavy atom. The van der Waals surface area contributed by atoms with Crippen LogP contribution in [0.5, 0.6) is 0 Å². The van der Waals surface area contributed by atoms with Crippen molar-refractivity contribution in [2.24, 2.45) is 10.9 Å². The molecule has 2 rings (SSSR count). The number of amides is 1. The van der Waals surface area contributed by atoms with Crippen LogP contribution < -0.4 is 5.32 Å². The lowest BCUT2D eigenvalue weighted by Crippen LogP contribution is -2.52. The number of rotatable bonds is 8. The highest BCUT2D eigenvalue weighted by Gasteiger charge is 2.35. The van der Waals surface area contributed by atoms with Crippen LogP contribution in [0.25, 0.3) is 0 Å². The Kier molecular flexibility index (Phi) is 9.05. The van der Waals surface area contributed by atoms with Crippen molar-refractivity contribution in [3.05, 3.63) is 0 Å². The Labute approximate surface area is 177 Å². The Balaban J connectivity index is 1.82. The lowest BCUT2D eigenvalue weighted by Gasteiger charge is -2.40. The van der Waals surface area contributed by atoms with Crippen molar-refractivity contribution in [3.8, 4) is 0 Å². The van der Waals surface area contributed by atoms with Crippen molar-refractivity contribution < 1.29 is 14.3 Å². The van der Waals surface area contributed by atoms with E-state index in [0.29, 0.717) is 5.92 Å². The van der Waals surface area contributed by atoms with Gasteiger partial charge in [0, 0.05) is 45.9 Å². The van der Waals surface area contributed by atoms with Gasteiger partial charge in [0.25, 0.3) is 0 Å². The van der Waals surface area contributed by atoms with Gasteiger partial charge in [-0.2, -0.15) is 0 Å². The van der Waals surface area contributed by atoms with E-state index in [0.717, 1.165) is 58.0 Å². The van der Waals surface area contributed by atoms with Gasteiger partial charge in [-0.1, -0.05) is 0 Å². The van der Waals surface area contributed by atoms with Gasteiger partial charge in [-0.25, -0.2) is 4.79 Å². The molecule has 7 nitrogen and oxygen atoms in total. The first-order valence-electron chi connectivity index (χ1n) is 11.3. The van der Waals surface area contributed by atoms with Crippen molar-refractivity contribution in [1.82, 2.24) is 15.1 Å². The summed E-state index contributed by atoms with van der Waals surface area (Å²) in [6, 6.07) is 0.249. The van der Waals surface area contributed by atoms with Gasteiger partial charge in [0.1, 0.15) is 5.60 Å². The van der Waals surface area contributed by atoms with Gasteiger partial charge in [-0.3, -0.25) is 4.99 Å². The summed E-state index contributed by atoms with van der Waals surface area (Å²) >= 11 is 0. The first kappa shape index (κ1) is 23.8. The minimum absolute atomic E-state index is 0.157. The molecule has 0 spiro atoms. The van der Waals surface area contributed by atoms with Gasteiger partial charge < -0.3 is 24.6 Å². The van der Waals surface area contributed by atoms with Crippen LogP contribution in [0.1, 0.15) is 66.7 Å². The van der Waals surface area contributed by atoms with Crippen molar-refractivity contribution in [3.63, 3.8) is 0 Å². The van der Waals surface area contributed by atoms with E-state index in [4.69, 9.17) is 9.47 Å². The molecule has 1 saturated heterocycles. The molecule has 0 radical (unpaired) electrons. The Morgan fingerprint density at radius 2 is 1.86 bits per heavy atom. The van der Waals surface area contributed by atoms with Crippen molar-refractivity contribution in [2.45, 2.75) is 84.5 Å². The predicted molar refractivity (Wildman–Crippen MR) is 117 cm³/mol. The normalized spacial score (nSPS) is 18.9. The number of piperidine rings is 1. The number of ether oxygens (including phenoxy) is 2. The highest BCUT2D eigenvalue weighted by atomic mass is 16.6. The molecule has 1 aliphatic carbocycles. The Morgan fingerprint density at radius 3 is 2.38 bits per heavy atom. The molecule has 1 saturated carbocycles. The molecule has 7 heteroatoms. The minimum Gasteiger partial charge on any atom is -0.444 e. The largest absolute Gasteiger partial charge is 0.444 e. The highest BCUT2D eigenvalue weighted by molar-refractivity contribution is 5.80. The van der Waals surface area contributed by atoms with Gasteiger partial charge in [-0.05, 0) is 72.6 Å². The number of aliphatic imine (C=N–C) groups is 1. The summed E-state index contributed by atoms with van der Waals surface area (Å²) in [5.41, 5.74) is -0.454. The van der Waals surface area contributed by atoms with Crippen LogP contribution in [0.2, 0.25) is 0 Å². The number of nitrogens with zero attached hydrogens (tertiary/aromatic N) is 3. The number of hydrogen-bond donors (Lipinski definition) is 1. The zero-order valence-corrected chi connectivity index (χ0v) is 19.4. The number of nitrogens with one attached hydrogen (secondary N) is 1. The number of hydrogen-bond acceptors (Lipinski definition) is 4. The molecule has 1 amide bonds. The predicted octanol–water partition coefficient (Wildman–Crippen LogP) is 3.49. The molecule has 0 aromatic rings. The molecule has 0 aromatic carbocycles. The summed E-state index contributed by atoms with van der Waals surface area (Å²) in [6.07, 6.45) is 5.44. The fourth-order valence-electron chi connectivity index (χ4n) is 3.58. The van der Waals surface area contributed by atoms with Crippen molar-refractivity contribution in [2.75, 3.05) is 39.8 Å². The molecule has 168 valence electrons. The van der Waals surface area contributed by atoms with Gasteiger partial charge in [0.05, 0.1) is 6.10 Å². The fourth-order valence-corrected chi connectivity index (χ4v) is 3.58. The summed E-state index contributed by atoms with van der Waals surface area (Å²) < 4.78 is 11.3. The van der Waals surface area contributed by atoms with Crippen LogP contribution >= 0.6 is 0 Å². The lowest BCUT2D eigenvalue weighted by atomic mass is 10.0. The monoisotopic (exact) mass is 410 g/mol. The standard InChI is InChI=1S/C22H42N4O3/c1-17(2)28-15-7-12-24-20(23-6)25-13-10-19(11-14-25)26(16-18-8-9-18)21(27)29-22(3,4)5/h17-19H,7-16H2,1-6H3,(H,23,24). The SMILES string of the molecule is CN=C(NCCCOC(C)C)N1CCC(N(CC2CC2)C(=O)OC(C)(C)C)CC1. The third-order valence-corrected chi connectivity index (χ3v) is 5.25. The molecule has 1 N–H and O–H groups in total. The van der Waals surface area contributed by atoms with Gasteiger partial charge in [-0.15, -0.1) is 0 Å². The van der Waals surface area contributed by atoms with Crippen LogP contribution in [0.4, 0.5) is 4.79 Å². The van der Waals surface area contributed by atoms with E-state index < -0.39 is 5.60 Å². The summed E-state index contributed by atoms with van der Waals surface area (Å²) in [4.78, 5) is 21.5. The van der Waals surface area contributed by atoms with Crippen molar-refractivity contribution in [1.29, 1.82) is 0 Å². The van der Waals surface area contributed by atoms with Gasteiger partial charge in [0.15, 0.2) is 5.96 Å². The number of likely N-dealkylation sites (tertiary alicyclic amines) is 1. The van der Waals surface area contributed by atoms with E-state index in [1.165, 1.54) is 12.8 Å². The molecule has 2 aliphatic rings. The zero-order chi connectivity index (χ0) is 21.4. The molecule has 1 heterocycles. The molecule has 0 atom stereocenters.